The number of aromatic nitrogens is 4. The summed E-state index contributed by atoms with van der Waals surface area (Å²) in [5, 5.41) is 7.23. The Morgan fingerprint density at radius 3 is 2.66 bits per heavy atom. The number of benzene rings is 1. The number of aryl methyl sites for hydroxylation is 1. The molecule has 0 bridgehead atoms. The molecule has 0 aliphatic carbocycles. The molecule has 35 heavy (non-hydrogen) atoms. The number of rotatable bonds is 8. The van der Waals surface area contributed by atoms with Gasteiger partial charge in [0, 0.05) is 18.9 Å². The van der Waals surface area contributed by atoms with E-state index in [0.717, 1.165) is 26.2 Å². The minimum absolute atomic E-state index is 0.169. The molecule has 1 saturated heterocycles. The van der Waals surface area contributed by atoms with Crippen molar-refractivity contribution < 1.29 is 18.3 Å². The molecule has 182 valence electrons. The third-order valence-electron chi connectivity index (χ3n) is 6.17. The van der Waals surface area contributed by atoms with Crippen molar-refractivity contribution in [1.29, 1.82) is 0 Å². The molecule has 1 aromatic carbocycles. The molecule has 4 heterocycles. The van der Waals surface area contributed by atoms with E-state index in [-0.39, 0.29) is 18.1 Å². The Morgan fingerprint density at radius 2 is 1.89 bits per heavy atom. The molecule has 1 aliphatic heterocycles. The zero-order valence-corrected chi connectivity index (χ0v) is 19.4. The monoisotopic (exact) mass is 480 g/mol. The summed E-state index contributed by atoms with van der Waals surface area (Å²) in [6.07, 6.45) is 7.61. The van der Waals surface area contributed by atoms with Crippen LogP contribution in [0.4, 0.5) is 14.5 Å². The van der Waals surface area contributed by atoms with E-state index < -0.39 is 11.6 Å². The van der Waals surface area contributed by atoms with Gasteiger partial charge in [-0.2, -0.15) is 5.10 Å². The zero-order chi connectivity index (χ0) is 24.4. The van der Waals surface area contributed by atoms with Gasteiger partial charge in [-0.1, -0.05) is 6.07 Å². The van der Waals surface area contributed by atoms with Gasteiger partial charge in [0.05, 0.1) is 29.7 Å². The second kappa shape index (κ2) is 9.83. The second-order valence-electron chi connectivity index (χ2n) is 8.60. The summed E-state index contributed by atoms with van der Waals surface area (Å²) in [7, 11) is 0. The number of amides is 1. The molecular weight excluding hydrogens is 454 g/mol. The minimum atomic E-state index is -0.683. The van der Waals surface area contributed by atoms with Crippen molar-refractivity contribution in [1.82, 2.24) is 24.1 Å². The molecule has 5 rings (SSSR count). The fourth-order valence-electron chi connectivity index (χ4n) is 4.35. The van der Waals surface area contributed by atoms with Gasteiger partial charge >= 0.3 is 0 Å². The molecule has 0 unspecified atom stereocenters. The van der Waals surface area contributed by atoms with Crippen LogP contribution >= 0.6 is 0 Å². The highest BCUT2D eigenvalue weighted by Gasteiger charge is 2.20. The lowest BCUT2D eigenvalue weighted by Crippen LogP contribution is -2.24. The first-order valence-electron chi connectivity index (χ1n) is 11.6. The van der Waals surface area contributed by atoms with E-state index in [0.29, 0.717) is 28.5 Å². The van der Waals surface area contributed by atoms with Crippen molar-refractivity contribution >= 4 is 17.2 Å². The average molecular weight is 481 g/mol. The minimum Gasteiger partial charge on any atom is -0.485 e. The molecule has 3 aromatic heterocycles. The molecule has 1 aliphatic rings. The largest absolute Gasteiger partial charge is 0.485 e. The van der Waals surface area contributed by atoms with Gasteiger partial charge in [-0.25, -0.2) is 13.8 Å². The molecule has 10 heteroatoms. The third kappa shape index (κ3) is 4.88. The van der Waals surface area contributed by atoms with Crippen LogP contribution < -0.4 is 10.1 Å². The number of pyridine rings is 1. The number of hydrogen-bond acceptors (Lipinski definition) is 5. The maximum absolute atomic E-state index is 14.0. The number of nitrogens with one attached hydrogen (secondary N) is 1. The van der Waals surface area contributed by atoms with Gasteiger partial charge in [-0.05, 0) is 57.1 Å². The van der Waals surface area contributed by atoms with Crippen molar-refractivity contribution in [3.63, 3.8) is 0 Å². The number of carbonyl (C=O) groups excluding carboxylic acids is 1. The van der Waals surface area contributed by atoms with Crippen molar-refractivity contribution in [2.75, 3.05) is 25.0 Å². The Kier molecular flexibility index (Phi) is 6.45. The maximum Gasteiger partial charge on any atom is 0.274 e. The van der Waals surface area contributed by atoms with Crippen LogP contribution in [-0.2, 0) is 13.2 Å². The first-order valence-corrected chi connectivity index (χ1v) is 11.6. The number of hydrogen-bond donors (Lipinski definition) is 1. The highest BCUT2D eigenvalue weighted by atomic mass is 19.1. The SMILES string of the molecule is Cc1nc2c(OCc3c(F)cccc3F)cccn2c1C(=O)Nc1cnn(CCN2CCCC2)c1. The summed E-state index contributed by atoms with van der Waals surface area (Å²) in [5.41, 5.74) is 1.64. The fraction of sp³-hybridized carbons (Fsp3) is 0.320. The number of likely N-dealkylation sites (tertiary alicyclic amines) is 1. The van der Waals surface area contributed by atoms with E-state index >= 15 is 0 Å². The van der Waals surface area contributed by atoms with Crippen LogP contribution in [0.2, 0.25) is 0 Å². The van der Waals surface area contributed by atoms with Gasteiger partial charge in [0.25, 0.3) is 5.91 Å². The third-order valence-corrected chi connectivity index (χ3v) is 6.17. The van der Waals surface area contributed by atoms with Crippen LogP contribution in [0.5, 0.6) is 5.75 Å². The van der Waals surface area contributed by atoms with Crippen LogP contribution in [0.15, 0.2) is 48.9 Å². The van der Waals surface area contributed by atoms with Gasteiger partial charge in [-0.3, -0.25) is 13.9 Å². The number of carbonyl (C=O) groups is 1. The van der Waals surface area contributed by atoms with Gasteiger partial charge in [-0.15, -0.1) is 0 Å². The van der Waals surface area contributed by atoms with E-state index in [4.69, 9.17) is 4.74 Å². The standard InChI is InChI=1S/C25H26F2N6O2/c1-17-23(25(34)30-18-14-28-32(15-18)13-12-31-9-2-3-10-31)33-11-5-8-22(24(33)29-17)35-16-19-20(26)6-4-7-21(19)27/h4-8,11,14-15H,2-3,9-10,12-13,16H2,1H3,(H,30,34). The van der Waals surface area contributed by atoms with E-state index in [9.17, 15) is 13.6 Å². The summed E-state index contributed by atoms with van der Waals surface area (Å²) < 4.78 is 37.1. The summed E-state index contributed by atoms with van der Waals surface area (Å²) in [5.74, 6) is -1.39. The smallest absolute Gasteiger partial charge is 0.274 e. The van der Waals surface area contributed by atoms with Gasteiger partial charge in [0.15, 0.2) is 11.4 Å². The van der Waals surface area contributed by atoms with E-state index in [1.165, 1.54) is 31.0 Å². The summed E-state index contributed by atoms with van der Waals surface area (Å²) in [6.45, 7) is 5.36. The van der Waals surface area contributed by atoms with Crippen molar-refractivity contribution in [2.45, 2.75) is 32.9 Å². The number of nitrogens with zero attached hydrogens (tertiary/aromatic N) is 5. The topological polar surface area (TPSA) is 76.7 Å². The normalized spacial score (nSPS) is 14.0. The predicted molar refractivity (Wildman–Crippen MR) is 126 cm³/mol. The van der Waals surface area contributed by atoms with Crippen molar-refractivity contribution in [2.24, 2.45) is 0 Å². The summed E-state index contributed by atoms with van der Waals surface area (Å²) in [6, 6.07) is 6.99. The molecule has 1 amide bonds. The van der Waals surface area contributed by atoms with Crippen LogP contribution in [0, 0.1) is 18.6 Å². The average Bonchev–Trinajstić information content (AvgIpc) is 3.57. The Balaban J connectivity index is 1.30. The van der Waals surface area contributed by atoms with Crippen LogP contribution in [0.25, 0.3) is 5.65 Å². The quantitative estimate of drug-likeness (QED) is 0.412. The highest BCUT2D eigenvalue weighted by molar-refractivity contribution is 6.04. The van der Waals surface area contributed by atoms with E-state index in [1.54, 1.807) is 35.9 Å². The van der Waals surface area contributed by atoms with Crippen molar-refractivity contribution in [3.8, 4) is 5.75 Å². The lowest BCUT2D eigenvalue weighted by Gasteiger charge is -2.13. The zero-order valence-electron chi connectivity index (χ0n) is 19.4. The van der Waals surface area contributed by atoms with Crippen molar-refractivity contribution in [3.05, 3.63) is 77.5 Å². The lowest BCUT2D eigenvalue weighted by atomic mass is 10.2. The highest BCUT2D eigenvalue weighted by Crippen LogP contribution is 2.25. The predicted octanol–water partition coefficient (Wildman–Crippen LogP) is 4.04. The number of imidazole rings is 1. The first-order chi connectivity index (χ1) is 17.0. The van der Waals surface area contributed by atoms with Crippen LogP contribution in [0.1, 0.15) is 34.6 Å². The molecule has 0 radical (unpaired) electrons. The molecule has 1 fully saturated rings. The molecule has 4 aromatic rings. The molecule has 1 N–H and O–H groups in total. The van der Waals surface area contributed by atoms with Crippen LogP contribution in [0.3, 0.4) is 0 Å². The fourth-order valence-corrected chi connectivity index (χ4v) is 4.35. The van der Waals surface area contributed by atoms with E-state index in [2.05, 4.69) is 20.3 Å². The summed E-state index contributed by atoms with van der Waals surface area (Å²) in [4.78, 5) is 20.0. The molecule has 8 nitrogen and oxygen atoms in total. The number of fused-ring (bicyclic) bond motifs is 1. The molecule has 0 spiro atoms. The first kappa shape index (κ1) is 23.0. The maximum atomic E-state index is 14.0. The summed E-state index contributed by atoms with van der Waals surface area (Å²) >= 11 is 0. The Labute approximate surface area is 201 Å². The second-order valence-corrected chi connectivity index (χ2v) is 8.60. The van der Waals surface area contributed by atoms with Gasteiger partial charge < -0.3 is 15.0 Å². The number of halogens is 2. The molecule has 0 atom stereocenters. The Hall–Kier alpha value is -3.79. The molecular formula is C25H26F2N6O2. The molecule has 0 saturated carbocycles. The lowest BCUT2D eigenvalue weighted by molar-refractivity contribution is 0.102. The van der Waals surface area contributed by atoms with Gasteiger partial charge in [0.1, 0.15) is 23.9 Å². The van der Waals surface area contributed by atoms with Crippen LogP contribution in [-0.4, -0.2) is 49.6 Å². The Bertz CT molecular complexity index is 1340. The van der Waals surface area contributed by atoms with Gasteiger partial charge in [0.2, 0.25) is 0 Å². The Morgan fingerprint density at radius 1 is 1.11 bits per heavy atom. The van der Waals surface area contributed by atoms with E-state index in [1.807, 2.05) is 10.9 Å². The number of ether oxygens (including phenoxy) is 1. The number of anilines is 1.